The van der Waals surface area contributed by atoms with E-state index in [-0.39, 0.29) is 23.9 Å². The normalized spacial score (nSPS) is 18.7. The number of ether oxygens (including phenoxy) is 1. The van der Waals surface area contributed by atoms with E-state index in [4.69, 9.17) is 16.3 Å². The maximum absolute atomic E-state index is 13.7. The Bertz CT molecular complexity index is 831. The van der Waals surface area contributed by atoms with Crippen molar-refractivity contribution in [3.63, 3.8) is 0 Å². The van der Waals surface area contributed by atoms with Gasteiger partial charge in [0.1, 0.15) is 0 Å². The van der Waals surface area contributed by atoms with Crippen LogP contribution in [0.15, 0.2) is 12.1 Å². The first-order chi connectivity index (χ1) is 15.2. The average Bonchev–Trinajstić information content (AvgIpc) is 2.73. The van der Waals surface area contributed by atoms with Crippen LogP contribution in [0, 0.1) is 5.41 Å². The molecule has 0 spiro atoms. The summed E-state index contributed by atoms with van der Waals surface area (Å²) in [6.07, 6.45) is 8.03. The van der Waals surface area contributed by atoms with Gasteiger partial charge in [-0.3, -0.25) is 9.59 Å². The number of nitrogens with zero attached hydrogens (tertiary/aromatic N) is 2. The molecule has 1 heterocycles. The number of methoxy groups -OCH3 is 1. The van der Waals surface area contributed by atoms with Gasteiger partial charge in [0.15, 0.2) is 0 Å². The second-order valence-corrected chi connectivity index (χ2v) is 10.7. The Kier molecular flexibility index (Phi) is 8.26. The molecular formula is C26H39ClN2O3. The van der Waals surface area contributed by atoms with Gasteiger partial charge in [-0.05, 0) is 63.6 Å². The molecule has 0 atom stereocenters. The van der Waals surface area contributed by atoms with Gasteiger partial charge in [0.25, 0.3) is 5.91 Å². The Morgan fingerprint density at radius 1 is 1.22 bits per heavy atom. The van der Waals surface area contributed by atoms with E-state index in [1.165, 1.54) is 6.42 Å². The smallest absolute Gasteiger partial charge is 0.255 e. The van der Waals surface area contributed by atoms with Gasteiger partial charge in [0.05, 0.1) is 10.6 Å². The van der Waals surface area contributed by atoms with Crippen LogP contribution in [0.4, 0.5) is 5.69 Å². The lowest BCUT2D eigenvalue weighted by atomic mass is 9.79. The van der Waals surface area contributed by atoms with Crippen LogP contribution >= 0.6 is 11.6 Å². The molecular weight excluding hydrogens is 424 g/mol. The largest absolute Gasteiger partial charge is 0.385 e. The highest BCUT2D eigenvalue weighted by molar-refractivity contribution is 6.34. The molecule has 1 fully saturated rings. The Morgan fingerprint density at radius 2 is 1.91 bits per heavy atom. The summed E-state index contributed by atoms with van der Waals surface area (Å²) in [5.41, 5.74) is 1.90. The molecule has 32 heavy (non-hydrogen) atoms. The molecule has 1 saturated carbocycles. The highest BCUT2D eigenvalue weighted by Crippen LogP contribution is 2.40. The molecule has 178 valence electrons. The SMILES string of the molecule is COCCCCN1C(=O)C(C)(C)Cc2cc(Cl)c(C(=O)N(C(C)C)C3CCCCC3)cc21. The van der Waals surface area contributed by atoms with Crippen LogP contribution < -0.4 is 4.90 Å². The van der Waals surface area contributed by atoms with Crippen molar-refractivity contribution in [2.24, 2.45) is 5.41 Å². The number of halogens is 1. The van der Waals surface area contributed by atoms with Gasteiger partial charge < -0.3 is 14.5 Å². The number of carbonyl (C=O) groups is 2. The molecule has 1 aromatic carbocycles. The van der Waals surface area contributed by atoms with Crippen molar-refractivity contribution in [1.29, 1.82) is 0 Å². The zero-order chi connectivity index (χ0) is 23.5. The third-order valence-electron chi connectivity index (χ3n) is 6.89. The topological polar surface area (TPSA) is 49.9 Å². The Balaban J connectivity index is 1.96. The van der Waals surface area contributed by atoms with Gasteiger partial charge in [-0.2, -0.15) is 0 Å². The molecule has 3 rings (SSSR count). The van der Waals surface area contributed by atoms with E-state index in [1.807, 2.05) is 35.8 Å². The van der Waals surface area contributed by atoms with Gasteiger partial charge in [0.2, 0.25) is 5.91 Å². The van der Waals surface area contributed by atoms with E-state index in [0.717, 1.165) is 49.8 Å². The van der Waals surface area contributed by atoms with Gasteiger partial charge in [-0.15, -0.1) is 0 Å². The van der Waals surface area contributed by atoms with Gasteiger partial charge in [-0.25, -0.2) is 0 Å². The minimum atomic E-state index is -0.491. The number of hydrogen-bond acceptors (Lipinski definition) is 3. The molecule has 6 heteroatoms. The van der Waals surface area contributed by atoms with Crippen molar-refractivity contribution in [2.75, 3.05) is 25.2 Å². The Hall–Kier alpha value is -1.59. The summed E-state index contributed by atoms with van der Waals surface area (Å²) in [4.78, 5) is 30.9. The van der Waals surface area contributed by atoms with E-state index in [9.17, 15) is 9.59 Å². The van der Waals surface area contributed by atoms with Crippen molar-refractivity contribution >= 4 is 29.1 Å². The number of anilines is 1. The lowest BCUT2D eigenvalue weighted by molar-refractivity contribution is -0.127. The summed E-state index contributed by atoms with van der Waals surface area (Å²) in [5, 5.41) is 0.486. The van der Waals surface area contributed by atoms with Crippen LogP contribution in [0.2, 0.25) is 5.02 Å². The highest BCUT2D eigenvalue weighted by Gasteiger charge is 2.40. The van der Waals surface area contributed by atoms with Crippen molar-refractivity contribution < 1.29 is 14.3 Å². The first-order valence-corrected chi connectivity index (χ1v) is 12.5. The van der Waals surface area contributed by atoms with Crippen LogP contribution in [-0.4, -0.2) is 49.1 Å². The number of carbonyl (C=O) groups excluding carboxylic acids is 2. The summed E-state index contributed by atoms with van der Waals surface area (Å²) in [6, 6.07) is 4.15. The fourth-order valence-corrected chi connectivity index (χ4v) is 5.51. The second-order valence-electron chi connectivity index (χ2n) is 10.3. The standard InChI is InChI=1S/C26H39ClN2O3/c1-18(2)29(20-11-7-6-8-12-20)24(30)21-16-23-19(15-22(21)27)17-26(3,4)25(31)28(23)13-9-10-14-32-5/h15-16,18,20H,6-14,17H2,1-5H3. The van der Waals surface area contributed by atoms with Crippen LogP contribution in [0.5, 0.6) is 0 Å². The van der Waals surface area contributed by atoms with E-state index in [1.54, 1.807) is 7.11 Å². The van der Waals surface area contributed by atoms with Crippen LogP contribution in [-0.2, 0) is 16.0 Å². The van der Waals surface area contributed by atoms with Crippen molar-refractivity contribution in [1.82, 2.24) is 4.90 Å². The molecule has 1 aliphatic heterocycles. The zero-order valence-electron chi connectivity index (χ0n) is 20.4. The molecule has 2 amide bonds. The minimum absolute atomic E-state index is 0.0173. The third-order valence-corrected chi connectivity index (χ3v) is 7.20. The van der Waals surface area contributed by atoms with E-state index < -0.39 is 5.41 Å². The van der Waals surface area contributed by atoms with Crippen molar-refractivity contribution in [3.8, 4) is 0 Å². The highest BCUT2D eigenvalue weighted by atomic mass is 35.5. The zero-order valence-corrected chi connectivity index (χ0v) is 21.1. The number of rotatable bonds is 8. The summed E-state index contributed by atoms with van der Waals surface area (Å²) in [7, 11) is 1.69. The molecule has 1 aliphatic carbocycles. The third kappa shape index (κ3) is 5.31. The molecule has 5 nitrogen and oxygen atoms in total. The monoisotopic (exact) mass is 462 g/mol. The molecule has 0 radical (unpaired) electrons. The lowest BCUT2D eigenvalue weighted by Gasteiger charge is -2.40. The number of benzene rings is 1. The Morgan fingerprint density at radius 3 is 2.53 bits per heavy atom. The van der Waals surface area contributed by atoms with Crippen LogP contribution in [0.25, 0.3) is 0 Å². The fraction of sp³-hybridized carbons (Fsp3) is 0.692. The predicted octanol–water partition coefficient (Wildman–Crippen LogP) is 5.87. The second kappa shape index (κ2) is 10.6. The lowest BCUT2D eigenvalue weighted by Crippen LogP contribution is -2.47. The van der Waals surface area contributed by atoms with Gasteiger partial charge >= 0.3 is 0 Å². The van der Waals surface area contributed by atoms with Crippen LogP contribution in [0.1, 0.15) is 88.6 Å². The predicted molar refractivity (Wildman–Crippen MR) is 131 cm³/mol. The molecule has 0 aromatic heterocycles. The van der Waals surface area contributed by atoms with Gasteiger partial charge in [0, 0.05) is 43.4 Å². The molecule has 0 unspecified atom stereocenters. The first kappa shape index (κ1) is 25.0. The Labute approximate surface area is 198 Å². The molecule has 1 aromatic rings. The van der Waals surface area contributed by atoms with E-state index >= 15 is 0 Å². The number of amides is 2. The molecule has 0 saturated heterocycles. The molecule has 0 bridgehead atoms. The van der Waals surface area contributed by atoms with Crippen molar-refractivity contribution in [3.05, 3.63) is 28.3 Å². The maximum Gasteiger partial charge on any atom is 0.255 e. The average molecular weight is 463 g/mol. The van der Waals surface area contributed by atoms with Crippen molar-refractivity contribution in [2.45, 2.75) is 91.1 Å². The van der Waals surface area contributed by atoms with Gasteiger partial charge in [-0.1, -0.05) is 44.7 Å². The van der Waals surface area contributed by atoms with E-state index in [2.05, 4.69) is 13.8 Å². The number of hydrogen-bond donors (Lipinski definition) is 0. The number of unbranched alkanes of at least 4 members (excludes halogenated alkanes) is 1. The minimum Gasteiger partial charge on any atom is -0.385 e. The summed E-state index contributed by atoms with van der Waals surface area (Å²) >= 11 is 6.70. The maximum atomic E-state index is 13.7. The molecule has 0 N–H and O–H groups in total. The quantitative estimate of drug-likeness (QED) is 0.454. The summed E-state index contributed by atoms with van der Waals surface area (Å²) in [6.45, 7) is 9.41. The molecule has 2 aliphatic rings. The van der Waals surface area contributed by atoms with E-state index in [0.29, 0.717) is 30.2 Å². The fourth-order valence-electron chi connectivity index (χ4n) is 5.24. The first-order valence-electron chi connectivity index (χ1n) is 12.1. The summed E-state index contributed by atoms with van der Waals surface area (Å²) in [5.74, 6) is 0.0902. The summed E-state index contributed by atoms with van der Waals surface area (Å²) < 4.78 is 5.17. The van der Waals surface area contributed by atoms with Crippen LogP contribution in [0.3, 0.4) is 0 Å². The number of fused-ring (bicyclic) bond motifs is 1.